The average molecular weight is 676 g/mol. The first-order valence-electron chi connectivity index (χ1n) is 14.8. The Hall–Kier alpha value is -4.65. The number of ether oxygens (including phenoxy) is 4. The molecule has 1 saturated carbocycles. The predicted octanol–water partition coefficient (Wildman–Crippen LogP) is 7.84. The Morgan fingerprint density at radius 1 is 1.06 bits per heavy atom. The van der Waals surface area contributed by atoms with E-state index in [1.165, 1.54) is 37.1 Å². The number of esters is 1. The van der Waals surface area contributed by atoms with Crippen LogP contribution in [0.2, 0.25) is 5.02 Å². The van der Waals surface area contributed by atoms with E-state index in [2.05, 4.69) is 4.98 Å². The van der Waals surface area contributed by atoms with Gasteiger partial charge in [0.25, 0.3) is 5.91 Å². The van der Waals surface area contributed by atoms with E-state index in [0.29, 0.717) is 5.69 Å². The Kier molecular flexibility index (Phi) is 11.8. The van der Waals surface area contributed by atoms with Crippen molar-refractivity contribution in [3.8, 4) is 16.9 Å². The van der Waals surface area contributed by atoms with Crippen LogP contribution in [0.25, 0.3) is 11.1 Å². The zero-order valence-electron chi connectivity index (χ0n) is 25.6. The summed E-state index contributed by atoms with van der Waals surface area (Å²) in [5.74, 6) is -0.898. The quantitative estimate of drug-likeness (QED) is 0.124. The van der Waals surface area contributed by atoms with E-state index < -0.39 is 36.2 Å². The molecule has 3 aromatic rings. The highest BCUT2D eigenvalue weighted by molar-refractivity contribution is 6.33. The van der Waals surface area contributed by atoms with E-state index in [-0.39, 0.29) is 52.2 Å². The van der Waals surface area contributed by atoms with E-state index in [9.17, 15) is 27.6 Å². The van der Waals surface area contributed by atoms with Crippen LogP contribution in [0.1, 0.15) is 67.1 Å². The molecule has 1 N–H and O–H groups in total. The number of hydrogen-bond donors (Lipinski definition) is 1. The molecule has 0 radical (unpaired) electrons. The van der Waals surface area contributed by atoms with E-state index >= 15 is 0 Å². The maximum Gasteiger partial charge on any atom is 0.511 e. The van der Waals surface area contributed by atoms with Crippen molar-refractivity contribution in [3.63, 3.8) is 0 Å². The zero-order chi connectivity index (χ0) is 34.1. The highest BCUT2D eigenvalue weighted by Crippen LogP contribution is 2.35. The molecular formula is C33H33ClF3N3O7. The van der Waals surface area contributed by atoms with Crippen LogP contribution >= 0.6 is 11.6 Å². The molecule has 10 nitrogen and oxygen atoms in total. The highest BCUT2D eigenvalue weighted by Gasteiger charge is 2.33. The molecule has 1 aromatic heterocycles. The summed E-state index contributed by atoms with van der Waals surface area (Å²) in [7, 11) is 1.50. The summed E-state index contributed by atoms with van der Waals surface area (Å²) in [4.78, 5) is 42.6. The Balaban J connectivity index is 1.38. The van der Waals surface area contributed by atoms with E-state index in [4.69, 9.17) is 36.0 Å². The molecule has 1 amide bonds. The van der Waals surface area contributed by atoms with Crippen molar-refractivity contribution >= 4 is 41.5 Å². The number of rotatable bonds is 11. The molecule has 1 aliphatic carbocycles. The van der Waals surface area contributed by atoms with Crippen LogP contribution in [-0.4, -0.2) is 55.3 Å². The number of aromatic nitrogens is 1. The number of amides is 1. The van der Waals surface area contributed by atoms with Crippen LogP contribution in [0.3, 0.4) is 0 Å². The Morgan fingerprint density at radius 2 is 1.79 bits per heavy atom. The standard InChI is InChI=1S/C33H33ClF3N3O7/c1-20(46-32(43)47-23-8-4-3-5-9-23)45-30(41)14-15-44-28-11-7-6-10-27(28)40(2)31(42)21-12-13-26(34)24(16-21)25-19-39-29(33(35,36)37)17-22(25)18-38/h6-7,10-13,16-20,23,38H,3-5,8-9,14-15H2,1-2H3. The molecule has 2 aromatic carbocycles. The maximum atomic E-state index is 13.5. The minimum atomic E-state index is -4.70. The molecule has 4 rings (SSSR count). The smallest absolute Gasteiger partial charge is 0.491 e. The summed E-state index contributed by atoms with van der Waals surface area (Å²) >= 11 is 6.36. The van der Waals surface area contributed by atoms with Gasteiger partial charge >= 0.3 is 18.3 Å². The molecule has 1 unspecified atom stereocenters. The van der Waals surface area contributed by atoms with E-state index in [0.717, 1.165) is 50.6 Å². The summed E-state index contributed by atoms with van der Waals surface area (Å²) in [6.07, 6.45) is -0.806. The third-order valence-electron chi connectivity index (χ3n) is 7.36. The SMILES string of the molecule is CC(OC(=O)CCOc1ccccc1N(C)C(=O)c1ccc(Cl)c(-c2cnc(C(F)(F)F)cc2C=N)c1)OC(=O)OC1CCCCC1. The lowest BCUT2D eigenvalue weighted by Crippen LogP contribution is -2.27. The highest BCUT2D eigenvalue weighted by atomic mass is 35.5. The van der Waals surface area contributed by atoms with Gasteiger partial charge in [-0.1, -0.05) is 30.2 Å². The van der Waals surface area contributed by atoms with Gasteiger partial charge in [0.1, 0.15) is 17.5 Å². The first-order chi connectivity index (χ1) is 22.4. The van der Waals surface area contributed by atoms with Crippen LogP contribution in [0, 0.1) is 5.41 Å². The number of alkyl halides is 3. The molecule has 1 aliphatic rings. The second kappa shape index (κ2) is 15.8. The van der Waals surface area contributed by atoms with Gasteiger partial charge in [-0.3, -0.25) is 14.6 Å². The lowest BCUT2D eigenvalue weighted by molar-refractivity contribution is -0.169. The van der Waals surface area contributed by atoms with Crippen molar-refractivity contribution < 1.29 is 46.5 Å². The normalized spacial score (nSPS) is 14.1. The summed E-state index contributed by atoms with van der Waals surface area (Å²) in [5.41, 5.74) is -0.367. The molecule has 47 heavy (non-hydrogen) atoms. The number of carbonyl (C=O) groups excluding carboxylic acids is 3. The Labute approximate surface area is 274 Å². The van der Waals surface area contributed by atoms with Crippen molar-refractivity contribution in [1.82, 2.24) is 4.98 Å². The van der Waals surface area contributed by atoms with E-state index in [1.807, 2.05) is 0 Å². The number of nitrogens with one attached hydrogen (secondary N) is 1. The third-order valence-corrected chi connectivity index (χ3v) is 7.68. The molecular weight excluding hydrogens is 643 g/mol. The van der Waals surface area contributed by atoms with Crippen molar-refractivity contribution in [1.29, 1.82) is 5.41 Å². The van der Waals surface area contributed by atoms with Crippen LogP contribution in [0.4, 0.5) is 23.7 Å². The second-order valence-corrected chi connectivity index (χ2v) is 11.1. The zero-order valence-corrected chi connectivity index (χ0v) is 26.4. The number of carbonyl (C=O) groups is 3. The maximum absolute atomic E-state index is 13.5. The van der Waals surface area contributed by atoms with Crippen LogP contribution in [0.5, 0.6) is 5.75 Å². The number of para-hydroxylation sites is 2. The van der Waals surface area contributed by atoms with Gasteiger partial charge in [-0.15, -0.1) is 0 Å². The monoisotopic (exact) mass is 675 g/mol. The molecule has 0 spiro atoms. The van der Waals surface area contributed by atoms with Gasteiger partial charge in [0.2, 0.25) is 6.29 Å². The molecule has 1 fully saturated rings. The number of hydrogen-bond acceptors (Lipinski definition) is 9. The van der Waals surface area contributed by atoms with E-state index in [1.54, 1.807) is 24.3 Å². The topological polar surface area (TPSA) is 128 Å². The van der Waals surface area contributed by atoms with Crippen LogP contribution < -0.4 is 9.64 Å². The summed E-state index contributed by atoms with van der Waals surface area (Å²) in [6.45, 7) is 1.29. The van der Waals surface area contributed by atoms with Crippen LogP contribution in [-0.2, 0) is 25.2 Å². The lowest BCUT2D eigenvalue weighted by Gasteiger charge is -2.22. The largest absolute Gasteiger partial charge is 0.511 e. The van der Waals surface area contributed by atoms with Crippen molar-refractivity contribution in [2.75, 3.05) is 18.6 Å². The number of nitrogens with zero attached hydrogens (tertiary/aromatic N) is 2. The Bertz CT molecular complexity index is 1610. The van der Waals surface area contributed by atoms with Gasteiger partial charge in [0.15, 0.2) is 0 Å². The first kappa shape index (κ1) is 35.2. The first-order valence-corrected chi connectivity index (χ1v) is 15.2. The Morgan fingerprint density at radius 3 is 2.49 bits per heavy atom. The van der Waals surface area contributed by atoms with Crippen molar-refractivity contribution in [2.45, 2.75) is 64.0 Å². The molecule has 0 saturated heterocycles. The van der Waals surface area contributed by atoms with Gasteiger partial charge in [0, 0.05) is 53.7 Å². The molecule has 1 heterocycles. The summed E-state index contributed by atoms with van der Waals surface area (Å²) in [5, 5.41) is 7.77. The van der Waals surface area contributed by atoms with Gasteiger partial charge in [0.05, 0.1) is 18.7 Å². The van der Waals surface area contributed by atoms with Crippen molar-refractivity contribution in [2.24, 2.45) is 0 Å². The van der Waals surface area contributed by atoms with Crippen LogP contribution in [0.15, 0.2) is 54.7 Å². The summed E-state index contributed by atoms with van der Waals surface area (Å²) < 4.78 is 60.7. The number of anilines is 1. The fourth-order valence-electron chi connectivity index (χ4n) is 4.99. The number of halogens is 4. The lowest BCUT2D eigenvalue weighted by atomic mass is 9.98. The molecule has 14 heteroatoms. The second-order valence-electron chi connectivity index (χ2n) is 10.7. The minimum Gasteiger partial charge on any atom is -0.491 e. The van der Waals surface area contributed by atoms with Gasteiger partial charge in [-0.05, 0) is 62.1 Å². The van der Waals surface area contributed by atoms with Gasteiger partial charge in [-0.2, -0.15) is 13.2 Å². The number of benzene rings is 2. The van der Waals surface area contributed by atoms with Crippen molar-refractivity contribution in [3.05, 3.63) is 76.6 Å². The van der Waals surface area contributed by atoms with Gasteiger partial charge in [-0.25, -0.2) is 4.79 Å². The molecule has 250 valence electrons. The fourth-order valence-corrected chi connectivity index (χ4v) is 5.21. The molecule has 1 atom stereocenters. The summed E-state index contributed by atoms with van der Waals surface area (Å²) in [6, 6.07) is 11.6. The predicted molar refractivity (Wildman–Crippen MR) is 167 cm³/mol. The minimum absolute atomic E-state index is 0.0789. The fraction of sp³-hybridized carbons (Fsp3) is 0.364. The molecule has 0 aliphatic heterocycles. The van der Waals surface area contributed by atoms with Gasteiger partial charge < -0.3 is 29.3 Å². The average Bonchev–Trinajstić information content (AvgIpc) is 3.04. The number of pyridine rings is 1. The molecule has 0 bridgehead atoms. The third kappa shape index (κ3) is 9.44.